The minimum absolute atomic E-state index is 0.0428. The second-order valence-corrected chi connectivity index (χ2v) is 2.60. The van der Waals surface area contributed by atoms with Crippen molar-refractivity contribution in [2.45, 2.75) is 18.1 Å². The third kappa shape index (κ3) is 1.35. The highest BCUT2D eigenvalue weighted by molar-refractivity contribution is 5.81. The molecule has 1 rings (SSSR count). The van der Waals surface area contributed by atoms with Crippen LogP contribution in [0, 0.1) is 0 Å². The Labute approximate surface area is 63.2 Å². The molecule has 11 heavy (non-hydrogen) atoms. The average Bonchev–Trinajstić information content (AvgIpc) is 2.29. The Morgan fingerprint density at radius 1 is 1.64 bits per heavy atom. The van der Waals surface area contributed by atoms with E-state index in [0.29, 0.717) is 0 Å². The van der Waals surface area contributed by atoms with Crippen molar-refractivity contribution in [2.24, 2.45) is 0 Å². The predicted molar refractivity (Wildman–Crippen MR) is 33.6 cm³/mol. The predicted octanol–water partition coefficient (Wildman–Crippen LogP) is -1.98. The Balaban J connectivity index is 2.65. The van der Waals surface area contributed by atoms with Crippen molar-refractivity contribution in [3.63, 3.8) is 0 Å². The van der Waals surface area contributed by atoms with E-state index < -0.39 is 24.3 Å². The van der Waals surface area contributed by atoms with Crippen LogP contribution in [0.3, 0.4) is 0 Å². The van der Waals surface area contributed by atoms with E-state index in [1.807, 2.05) is 0 Å². The van der Waals surface area contributed by atoms with Crippen LogP contribution in [0.5, 0.6) is 0 Å². The molecule has 0 spiro atoms. The zero-order valence-electron chi connectivity index (χ0n) is 5.86. The second-order valence-electron chi connectivity index (χ2n) is 2.60. The first-order valence-corrected chi connectivity index (χ1v) is 3.27. The number of cyclic esters (lactones) is 1. The molecule has 0 saturated carbocycles. The molecule has 5 nitrogen and oxygen atoms in total. The van der Waals surface area contributed by atoms with E-state index in [4.69, 9.17) is 10.2 Å². The number of rotatable bonds is 2. The highest BCUT2D eigenvalue weighted by Gasteiger charge is 2.47. The van der Waals surface area contributed by atoms with Crippen molar-refractivity contribution >= 4 is 5.97 Å². The third-order valence-corrected chi connectivity index (χ3v) is 1.68. The van der Waals surface area contributed by atoms with Crippen molar-refractivity contribution < 1.29 is 24.9 Å². The smallest absolute Gasteiger partial charge is 0.341 e. The number of hydrogen-bond donors (Lipinski definition) is 3. The van der Waals surface area contributed by atoms with Crippen LogP contribution in [0.25, 0.3) is 0 Å². The fourth-order valence-corrected chi connectivity index (χ4v) is 0.994. The lowest BCUT2D eigenvalue weighted by molar-refractivity contribution is -0.158. The van der Waals surface area contributed by atoms with Gasteiger partial charge >= 0.3 is 5.97 Å². The van der Waals surface area contributed by atoms with Crippen LogP contribution in [0.1, 0.15) is 6.42 Å². The fraction of sp³-hybridized carbons (Fsp3) is 0.833. The first kappa shape index (κ1) is 8.45. The van der Waals surface area contributed by atoms with Crippen LogP contribution in [-0.2, 0) is 9.53 Å². The molecular weight excluding hydrogens is 152 g/mol. The first-order valence-electron chi connectivity index (χ1n) is 3.27. The van der Waals surface area contributed by atoms with Gasteiger partial charge in [-0.15, -0.1) is 0 Å². The summed E-state index contributed by atoms with van der Waals surface area (Å²) in [7, 11) is 0. The highest BCUT2D eigenvalue weighted by Crippen LogP contribution is 2.24. The van der Waals surface area contributed by atoms with Gasteiger partial charge in [-0.3, -0.25) is 0 Å². The van der Waals surface area contributed by atoms with Gasteiger partial charge in [0.2, 0.25) is 0 Å². The second kappa shape index (κ2) is 2.77. The Kier molecular flexibility index (Phi) is 2.12. The van der Waals surface area contributed by atoms with Gasteiger partial charge in [-0.1, -0.05) is 0 Å². The van der Waals surface area contributed by atoms with Crippen LogP contribution >= 0.6 is 0 Å². The zero-order chi connectivity index (χ0) is 8.48. The number of ether oxygens (including phenoxy) is 1. The van der Waals surface area contributed by atoms with E-state index in [1.54, 1.807) is 0 Å². The van der Waals surface area contributed by atoms with Crippen molar-refractivity contribution in [3.05, 3.63) is 0 Å². The number of hydrogen-bond acceptors (Lipinski definition) is 5. The molecule has 2 atom stereocenters. The van der Waals surface area contributed by atoms with E-state index >= 15 is 0 Å². The summed E-state index contributed by atoms with van der Waals surface area (Å²) < 4.78 is 4.52. The molecule has 0 radical (unpaired) electrons. The summed E-state index contributed by atoms with van der Waals surface area (Å²) in [5.41, 5.74) is -1.80. The Morgan fingerprint density at radius 2 is 2.27 bits per heavy atom. The molecule has 0 aromatic carbocycles. The van der Waals surface area contributed by atoms with Gasteiger partial charge in [0, 0.05) is 6.42 Å². The zero-order valence-corrected chi connectivity index (χ0v) is 5.86. The maximum atomic E-state index is 10.8. The number of aliphatic hydroxyl groups excluding tert-OH is 2. The molecule has 1 heterocycles. The van der Waals surface area contributed by atoms with Gasteiger partial charge in [0.05, 0.1) is 13.2 Å². The maximum Gasteiger partial charge on any atom is 0.341 e. The largest absolute Gasteiger partial charge is 0.458 e. The van der Waals surface area contributed by atoms with Crippen LogP contribution in [0.15, 0.2) is 0 Å². The summed E-state index contributed by atoms with van der Waals surface area (Å²) in [6.45, 7) is -0.990. The summed E-state index contributed by atoms with van der Waals surface area (Å²) >= 11 is 0. The van der Waals surface area contributed by atoms with Crippen molar-refractivity contribution in [1.82, 2.24) is 0 Å². The molecule has 0 aromatic heterocycles. The number of carbonyl (C=O) groups excluding carboxylic acids is 1. The summed E-state index contributed by atoms with van der Waals surface area (Å²) in [6, 6.07) is 0. The molecule has 1 aliphatic heterocycles. The standard InChI is InChI=1S/C6H10O5/c7-2-4-1-6(10,3-8)5(9)11-4/h4,7-8,10H,1-3H2/t4-,6?/m0/s1. The van der Waals surface area contributed by atoms with E-state index in [1.165, 1.54) is 0 Å². The van der Waals surface area contributed by atoms with Gasteiger partial charge in [0.1, 0.15) is 6.10 Å². The molecule has 1 saturated heterocycles. The molecule has 0 aromatic rings. The Morgan fingerprint density at radius 3 is 2.55 bits per heavy atom. The number of esters is 1. The molecule has 0 amide bonds. The molecule has 0 aliphatic carbocycles. The van der Waals surface area contributed by atoms with E-state index in [2.05, 4.69) is 4.74 Å². The molecule has 1 unspecified atom stereocenters. The van der Waals surface area contributed by atoms with Gasteiger partial charge in [0.15, 0.2) is 5.60 Å². The van der Waals surface area contributed by atoms with Crippen LogP contribution in [0.2, 0.25) is 0 Å². The number of carbonyl (C=O) groups is 1. The van der Waals surface area contributed by atoms with E-state index in [-0.39, 0.29) is 13.0 Å². The molecule has 1 aliphatic rings. The van der Waals surface area contributed by atoms with Gasteiger partial charge in [-0.25, -0.2) is 4.79 Å². The minimum atomic E-state index is -1.80. The van der Waals surface area contributed by atoms with Crippen LogP contribution in [0.4, 0.5) is 0 Å². The lowest BCUT2D eigenvalue weighted by Gasteiger charge is -2.12. The lowest BCUT2D eigenvalue weighted by Crippen LogP contribution is -2.38. The molecule has 5 heteroatoms. The van der Waals surface area contributed by atoms with Crippen molar-refractivity contribution in [1.29, 1.82) is 0 Å². The van der Waals surface area contributed by atoms with Gasteiger partial charge in [0.25, 0.3) is 0 Å². The lowest BCUT2D eigenvalue weighted by atomic mass is 10.0. The quantitative estimate of drug-likeness (QED) is 0.409. The molecule has 1 fully saturated rings. The molecule has 64 valence electrons. The van der Waals surface area contributed by atoms with Crippen LogP contribution in [-0.4, -0.2) is 46.2 Å². The van der Waals surface area contributed by atoms with Gasteiger partial charge in [-0.2, -0.15) is 0 Å². The van der Waals surface area contributed by atoms with E-state index in [9.17, 15) is 9.90 Å². The first-order chi connectivity index (χ1) is 5.12. The normalized spacial score (nSPS) is 37.4. The highest BCUT2D eigenvalue weighted by atomic mass is 16.6. The average molecular weight is 162 g/mol. The maximum absolute atomic E-state index is 10.8. The molecule has 3 N–H and O–H groups in total. The van der Waals surface area contributed by atoms with Gasteiger partial charge in [-0.05, 0) is 0 Å². The summed E-state index contributed by atoms with van der Waals surface area (Å²) in [5, 5.41) is 26.4. The summed E-state index contributed by atoms with van der Waals surface area (Å²) in [4.78, 5) is 10.8. The minimum Gasteiger partial charge on any atom is -0.458 e. The number of aliphatic hydroxyl groups is 3. The Bertz CT molecular complexity index is 168. The monoisotopic (exact) mass is 162 g/mol. The third-order valence-electron chi connectivity index (χ3n) is 1.68. The molecule has 0 bridgehead atoms. The van der Waals surface area contributed by atoms with Crippen LogP contribution < -0.4 is 0 Å². The fourth-order valence-electron chi connectivity index (χ4n) is 0.994. The van der Waals surface area contributed by atoms with Gasteiger partial charge < -0.3 is 20.1 Å². The topological polar surface area (TPSA) is 87.0 Å². The van der Waals surface area contributed by atoms with Crippen molar-refractivity contribution in [3.8, 4) is 0 Å². The Hall–Kier alpha value is -0.650. The molecular formula is C6H10O5. The summed E-state index contributed by atoms with van der Waals surface area (Å²) in [6.07, 6.45) is -0.724. The summed E-state index contributed by atoms with van der Waals surface area (Å²) in [5.74, 6) is -0.862. The van der Waals surface area contributed by atoms with E-state index in [0.717, 1.165) is 0 Å². The van der Waals surface area contributed by atoms with Crippen molar-refractivity contribution in [2.75, 3.05) is 13.2 Å². The SMILES string of the molecule is O=C1O[C@H](CO)CC1(O)CO.